The Morgan fingerprint density at radius 2 is 1.79 bits per heavy atom. The molecule has 1 unspecified atom stereocenters. The summed E-state index contributed by atoms with van der Waals surface area (Å²) in [6.45, 7) is 0. The molecule has 3 rings (SSSR count). The zero-order valence-corrected chi connectivity index (χ0v) is 11.2. The SMILES string of the molecule is COc1ccc(C2(N)CCCc3ccccc32)cc1. The first-order valence-electron chi connectivity index (χ1n) is 6.76. The lowest BCUT2D eigenvalue weighted by atomic mass is 9.73. The number of benzene rings is 2. The summed E-state index contributed by atoms with van der Waals surface area (Å²) in [6, 6.07) is 16.7. The molecule has 0 heterocycles. The number of fused-ring (bicyclic) bond motifs is 1. The van der Waals surface area contributed by atoms with Crippen molar-refractivity contribution in [3.8, 4) is 5.75 Å². The Kier molecular flexibility index (Phi) is 3.03. The summed E-state index contributed by atoms with van der Waals surface area (Å²) in [5, 5.41) is 0. The van der Waals surface area contributed by atoms with Crippen molar-refractivity contribution in [1.29, 1.82) is 0 Å². The van der Waals surface area contributed by atoms with Crippen LogP contribution in [0.1, 0.15) is 29.5 Å². The lowest BCUT2D eigenvalue weighted by Crippen LogP contribution is -2.41. The van der Waals surface area contributed by atoms with E-state index in [9.17, 15) is 0 Å². The van der Waals surface area contributed by atoms with Crippen molar-refractivity contribution >= 4 is 0 Å². The molecule has 1 aliphatic carbocycles. The molecule has 0 aliphatic heterocycles. The lowest BCUT2D eigenvalue weighted by molar-refractivity contribution is 0.412. The molecular weight excluding hydrogens is 234 g/mol. The van der Waals surface area contributed by atoms with Crippen LogP contribution < -0.4 is 10.5 Å². The second-order valence-corrected chi connectivity index (χ2v) is 5.21. The van der Waals surface area contributed by atoms with Crippen LogP contribution in [0.15, 0.2) is 48.5 Å². The van der Waals surface area contributed by atoms with E-state index >= 15 is 0 Å². The number of ether oxygens (including phenoxy) is 1. The third-order valence-corrected chi connectivity index (χ3v) is 4.12. The number of methoxy groups -OCH3 is 1. The predicted octanol–water partition coefficient (Wildman–Crippen LogP) is 3.23. The van der Waals surface area contributed by atoms with Crippen LogP contribution in [0.5, 0.6) is 5.75 Å². The molecule has 2 N–H and O–H groups in total. The minimum atomic E-state index is -0.360. The van der Waals surface area contributed by atoms with Gasteiger partial charge in [0, 0.05) is 0 Å². The summed E-state index contributed by atoms with van der Waals surface area (Å²) >= 11 is 0. The highest BCUT2D eigenvalue weighted by Crippen LogP contribution is 2.38. The molecular formula is C17H19NO. The molecule has 0 fully saturated rings. The highest BCUT2D eigenvalue weighted by molar-refractivity contribution is 5.45. The largest absolute Gasteiger partial charge is 0.497 e. The van der Waals surface area contributed by atoms with Crippen LogP contribution in [0.4, 0.5) is 0 Å². The quantitative estimate of drug-likeness (QED) is 0.891. The number of aryl methyl sites for hydroxylation is 1. The smallest absolute Gasteiger partial charge is 0.118 e. The van der Waals surface area contributed by atoms with Crippen molar-refractivity contribution in [2.75, 3.05) is 7.11 Å². The molecule has 0 saturated heterocycles. The number of hydrogen-bond donors (Lipinski definition) is 1. The lowest BCUT2D eigenvalue weighted by Gasteiger charge is -2.36. The Balaban J connectivity index is 2.07. The molecule has 0 saturated carbocycles. The van der Waals surface area contributed by atoms with Crippen LogP contribution in [-0.2, 0) is 12.0 Å². The minimum absolute atomic E-state index is 0.360. The minimum Gasteiger partial charge on any atom is -0.497 e. The van der Waals surface area contributed by atoms with E-state index in [1.54, 1.807) is 7.11 Å². The van der Waals surface area contributed by atoms with Crippen LogP contribution in [0, 0.1) is 0 Å². The van der Waals surface area contributed by atoms with Crippen LogP contribution in [0.25, 0.3) is 0 Å². The van der Waals surface area contributed by atoms with Crippen molar-refractivity contribution in [2.24, 2.45) is 5.73 Å². The van der Waals surface area contributed by atoms with Crippen molar-refractivity contribution in [3.63, 3.8) is 0 Å². The van der Waals surface area contributed by atoms with E-state index in [0.717, 1.165) is 25.0 Å². The fourth-order valence-corrected chi connectivity index (χ4v) is 3.05. The molecule has 0 spiro atoms. The molecule has 2 aromatic carbocycles. The molecule has 1 atom stereocenters. The van der Waals surface area contributed by atoms with E-state index in [1.807, 2.05) is 12.1 Å². The standard InChI is InChI=1S/C17H19NO/c1-19-15-10-8-14(9-11-15)17(18)12-4-6-13-5-2-3-7-16(13)17/h2-3,5,7-11H,4,6,12,18H2,1H3. The summed E-state index contributed by atoms with van der Waals surface area (Å²) in [5.41, 5.74) is 10.2. The van der Waals surface area contributed by atoms with Crippen LogP contribution in [0.3, 0.4) is 0 Å². The second kappa shape index (κ2) is 4.71. The first kappa shape index (κ1) is 12.2. The number of rotatable bonds is 2. The first-order chi connectivity index (χ1) is 9.24. The molecule has 1 aliphatic rings. The van der Waals surface area contributed by atoms with Crippen molar-refractivity contribution < 1.29 is 4.74 Å². The summed E-state index contributed by atoms with van der Waals surface area (Å²) in [6.07, 6.45) is 3.27. The number of hydrogen-bond acceptors (Lipinski definition) is 2. The fourth-order valence-electron chi connectivity index (χ4n) is 3.05. The first-order valence-corrected chi connectivity index (χ1v) is 6.76. The summed E-state index contributed by atoms with van der Waals surface area (Å²) in [4.78, 5) is 0. The van der Waals surface area contributed by atoms with Gasteiger partial charge in [-0.25, -0.2) is 0 Å². The van der Waals surface area contributed by atoms with E-state index in [0.29, 0.717) is 0 Å². The molecule has 2 heteroatoms. The van der Waals surface area contributed by atoms with Crippen LogP contribution in [-0.4, -0.2) is 7.11 Å². The predicted molar refractivity (Wildman–Crippen MR) is 77.3 cm³/mol. The molecule has 0 aromatic heterocycles. The molecule has 2 aromatic rings. The normalized spacial score (nSPS) is 21.8. The van der Waals surface area contributed by atoms with E-state index in [1.165, 1.54) is 16.7 Å². The van der Waals surface area contributed by atoms with Crippen molar-refractivity contribution in [3.05, 3.63) is 65.2 Å². The Labute approximate surface area is 114 Å². The molecule has 0 amide bonds. The van der Waals surface area contributed by atoms with Crippen molar-refractivity contribution in [1.82, 2.24) is 0 Å². The zero-order chi connectivity index (χ0) is 13.3. The van der Waals surface area contributed by atoms with Crippen LogP contribution in [0.2, 0.25) is 0 Å². The Morgan fingerprint density at radius 1 is 1.05 bits per heavy atom. The zero-order valence-electron chi connectivity index (χ0n) is 11.2. The van der Waals surface area contributed by atoms with Gasteiger partial charge in [0.05, 0.1) is 12.6 Å². The van der Waals surface area contributed by atoms with Gasteiger partial charge >= 0.3 is 0 Å². The highest BCUT2D eigenvalue weighted by atomic mass is 16.5. The van der Waals surface area contributed by atoms with Gasteiger partial charge in [-0.2, -0.15) is 0 Å². The molecule has 0 radical (unpaired) electrons. The summed E-state index contributed by atoms with van der Waals surface area (Å²) in [7, 11) is 1.68. The van der Waals surface area contributed by atoms with E-state index in [-0.39, 0.29) is 5.54 Å². The van der Waals surface area contributed by atoms with Gasteiger partial charge in [-0.05, 0) is 48.1 Å². The topological polar surface area (TPSA) is 35.2 Å². The maximum Gasteiger partial charge on any atom is 0.118 e. The summed E-state index contributed by atoms with van der Waals surface area (Å²) < 4.78 is 5.22. The summed E-state index contributed by atoms with van der Waals surface area (Å²) in [5.74, 6) is 0.872. The van der Waals surface area contributed by atoms with Crippen molar-refractivity contribution in [2.45, 2.75) is 24.8 Å². The number of nitrogens with two attached hydrogens (primary N) is 1. The average molecular weight is 253 g/mol. The van der Waals surface area contributed by atoms with Gasteiger partial charge in [-0.3, -0.25) is 0 Å². The third kappa shape index (κ3) is 2.02. The molecule has 0 bridgehead atoms. The molecule has 98 valence electrons. The Bertz CT molecular complexity index is 576. The van der Waals surface area contributed by atoms with Crippen LogP contribution >= 0.6 is 0 Å². The second-order valence-electron chi connectivity index (χ2n) is 5.21. The third-order valence-electron chi connectivity index (χ3n) is 4.12. The molecule has 19 heavy (non-hydrogen) atoms. The maximum absolute atomic E-state index is 6.74. The van der Waals surface area contributed by atoms with Gasteiger partial charge in [0.15, 0.2) is 0 Å². The van der Waals surface area contributed by atoms with Gasteiger partial charge < -0.3 is 10.5 Å². The monoisotopic (exact) mass is 253 g/mol. The van der Waals surface area contributed by atoms with Gasteiger partial charge in [0.2, 0.25) is 0 Å². The van der Waals surface area contributed by atoms with Gasteiger partial charge in [0.25, 0.3) is 0 Å². The van der Waals surface area contributed by atoms with E-state index in [2.05, 4.69) is 36.4 Å². The fraction of sp³-hybridized carbons (Fsp3) is 0.294. The van der Waals surface area contributed by atoms with Gasteiger partial charge in [-0.1, -0.05) is 36.4 Å². The van der Waals surface area contributed by atoms with E-state index < -0.39 is 0 Å². The molecule has 2 nitrogen and oxygen atoms in total. The Morgan fingerprint density at radius 3 is 2.53 bits per heavy atom. The van der Waals surface area contributed by atoms with Gasteiger partial charge in [-0.15, -0.1) is 0 Å². The van der Waals surface area contributed by atoms with Gasteiger partial charge in [0.1, 0.15) is 5.75 Å². The average Bonchev–Trinajstić information content (AvgIpc) is 2.48. The maximum atomic E-state index is 6.74. The highest BCUT2D eigenvalue weighted by Gasteiger charge is 2.33. The van der Waals surface area contributed by atoms with E-state index in [4.69, 9.17) is 10.5 Å². The Hall–Kier alpha value is -1.80.